The van der Waals surface area contributed by atoms with Gasteiger partial charge in [-0.1, -0.05) is 13.3 Å². The number of rotatable bonds is 8. The highest BCUT2D eigenvalue weighted by Crippen LogP contribution is 2.43. The van der Waals surface area contributed by atoms with E-state index >= 15 is 0 Å². The molecule has 2 N–H and O–H groups in total. The maximum Gasteiger partial charge on any atom is 0.191 e. The van der Waals surface area contributed by atoms with E-state index in [0.717, 1.165) is 23.8 Å². The van der Waals surface area contributed by atoms with Crippen LogP contribution in [0, 0.1) is 5.41 Å². The Balaban J connectivity index is 0.00000338. The lowest BCUT2D eigenvalue weighted by Gasteiger charge is -2.41. The minimum Gasteiger partial charge on any atom is -0.496 e. The van der Waals surface area contributed by atoms with Gasteiger partial charge in [0.15, 0.2) is 17.5 Å². The topological polar surface area (TPSA) is 64.1 Å². The van der Waals surface area contributed by atoms with E-state index in [9.17, 15) is 0 Å². The highest BCUT2D eigenvalue weighted by molar-refractivity contribution is 14.0. The Morgan fingerprint density at radius 1 is 1.04 bits per heavy atom. The van der Waals surface area contributed by atoms with Gasteiger partial charge >= 0.3 is 0 Å². The van der Waals surface area contributed by atoms with Crippen LogP contribution in [0.5, 0.6) is 17.2 Å². The van der Waals surface area contributed by atoms with Gasteiger partial charge in [-0.3, -0.25) is 4.99 Å². The van der Waals surface area contributed by atoms with Crippen molar-refractivity contribution in [2.45, 2.75) is 39.2 Å². The number of ether oxygens (including phenoxy) is 3. The lowest BCUT2D eigenvalue weighted by Crippen LogP contribution is -2.46. The summed E-state index contributed by atoms with van der Waals surface area (Å²) >= 11 is 0. The molecule has 0 spiro atoms. The second-order valence-corrected chi connectivity index (χ2v) is 6.51. The van der Waals surface area contributed by atoms with Crippen LogP contribution in [0.15, 0.2) is 17.1 Å². The van der Waals surface area contributed by atoms with Crippen molar-refractivity contribution >= 4 is 29.9 Å². The molecule has 1 aliphatic carbocycles. The summed E-state index contributed by atoms with van der Waals surface area (Å²) in [6, 6.07) is 3.77. The number of hydrogen-bond acceptors (Lipinski definition) is 4. The molecular formula is C19H32IN3O3. The van der Waals surface area contributed by atoms with E-state index < -0.39 is 0 Å². The maximum absolute atomic E-state index is 5.48. The number of methoxy groups -OCH3 is 3. The molecule has 0 saturated heterocycles. The van der Waals surface area contributed by atoms with Gasteiger partial charge in [0.2, 0.25) is 0 Å². The smallest absolute Gasteiger partial charge is 0.191 e. The molecule has 148 valence electrons. The molecule has 0 atom stereocenters. The van der Waals surface area contributed by atoms with Gasteiger partial charge in [-0.25, -0.2) is 0 Å². The van der Waals surface area contributed by atoms with E-state index in [1.54, 1.807) is 28.4 Å². The van der Waals surface area contributed by atoms with Crippen LogP contribution in [0.25, 0.3) is 0 Å². The number of nitrogens with zero attached hydrogens (tertiary/aromatic N) is 1. The van der Waals surface area contributed by atoms with E-state index in [2.05, 4.69) is 22.5 Å². The molecule has 1 aromatic carbocycles. The molecule has 1 saturated carbocycles. The third kappa shape index (κ3) is 5.31. The average Bonchev–Trinajstić information content (AvgIpc) is 2.62. The van der Waals surface area contributed by atoms with E-state index in [1.165, 1.54) is 25.7 Å². The second kappa shape index (κ2) is 10.7. The Bertz CT molecular complexity index is 598. The van der Waals surface area contributed by atoms with Crippen molar-refractivity contribution in [3.8, 4) is 17.2 Å². The fourth-order valence-electron chi connectivity index (χ4n) is 3.23. The first-order valence-electron chi connectivity index (χ1n) is 8.84. The number of halogens is 1. The first kappa shape index (κ1) is 22.7. The van der Waals surface area contributed by atoms with E-state index in [1.807, 2.05) is 12.1 Å². The summed E-state index contributed by atoms with van der Waals surface area (Å²) in [4.78, 5) is 4.33. The Hall–Kier alpha value is -1.38. The molecule has 1 aromatic rings. The van der Waals surface area contributed by atoms with E-state index in [4.69, 9.17) is 14.2 Å². The molecule has 0 aliphatic heterocycles. The number of hydrogen-bond donors (Lipinski definition) is 2. The SMILES string of the molecule is CCC1(CNC(=NC)NCc2cc(OC)c(OC)cc2OC)CCC1.I. The Kier molecular flexibility index (Phi) is 9.32. The van der Waals surface area contributed by atoms with Crippen LogP contribution in [0.1, 0.15) is 38.2 Å². The summed E-state index contributed by atoms with van der Waals surface area (Å²) < 4.78 is 16.2. The highest BCUT2D eigenvalue weighted by atomic mass is 127. The van der Waals surface area contributed by atoms with Crippen molar-refractivity contribution in [2.75, 3.05) is 34.9 Å². The third-order valence-corrected chi connectivity index (χ3v) is 5.25. The zero-order valence-corrected chi connectivity index (χ0v) is 18.8. The molecule has 0 bridgehead atoms. The van der Waals surface area contributed by atoms with E-state index in [-0.39, 0.29) is 24.0 Å². The Morgan fingerprint density at radius 3 is 2.12 bits per heavy atom. The summed E-state index contributed by atoms with van der Waals surface area (Å²) in [5.74, 6) is 2.89. The highest BCUT2D eigenvalue weighted by Gasteiger charge is 2.34. The molecule has 0 unspecified atom stereocenters. The van der Waals surface area contributed by atoms with Crippen LogP contribution < -0.4 is 24.8 Å². The van der Waals surface area contributed by atoms with Gasteiger partial charge < -0.3 is 24.8 Å². The minimum atomic E-state index is 0. The normalized spacial score (nSPS) is 15.3. The summed E-state index contributed by atoms with van der Waals surface area (Å²) in [7, 11) is 6.69. The first-order chi connectivity index (χ1) is 12.1. The van der Waals surface area contributed by atoms with Crippen molar-refractivity contribution in [1.29, 1.82) is 0 Å². The minimum absolute atomic E-state index is 0. The summed E-state index contributed by atoms with van der Waals surface area (Å²) in [5, 5.41) is 6.82. The monoisotopic (exact) mass is 477 g/mol. The Morgan fingerprint density at radius 2 is 1.65 bits per heavy atom. The van der Waals surface area contributed by atoms with Crippen LogP contribution in [-0.2, 0) is 6.54 Å². The predicted octanol–water partition coefficient (Wildman–Crippen LogP) is 3.58. The number of aliphatic imine (C=N–C) groups is 1. The quantitative estimate of drug-likeness (QED) is 0.341. The molecule has 0 heterocycles. The van der Waals surface area contributed by atoms with Crippen molar-refractivity contribution in [1.82, 2.24) is 10.6 Å². The van der Waals surface area contributed by atoms with Gasteiger partial charge in [0.05, 0.1) is 21.3 Å². The van der Waals surface area contributed by atoms with Crippen LogP contribution >= 0.6 is 24.0 Å². The Labute approximate surface area is 174 Å². The molecule has 0 amide bonds. The number of guanidine groups is 1. The molecule has 0 aromatic heterocycles. The van der Waals surface area contributed by atoms with Crippen LogP contribution in [0.2, 0.25) is 0 Å². The third-order valence-electron chi connectivity index (χ3n) is 5.25. The average molecular weight is 477 g/mol. The summed E-state index contributed by atoms with van der Waals surface area (Å²) in [5.41, 5.74) is 1.43. The second-order valence-electron chi connectivity index (χ2n) is 6.51. The zero-order chi connectivity index (χ0) is 18.3. The molecule has 1 aliphatic rings. The predicted molar refractivity (Wildman–Crippen MR) is 116 cm³/mol. The van der Waals surface area contributed by atoms with Gasteiger partial charge in [0.25, 0.3) is 0 Å². The first-order valence-corrected chi connectivity index (χ1v) is 8.84. The fraction of sp³-hybridized carbons (Fsp3) is 0.632. The van der Waals surface area contributed by atoms with Crippen molar-refractivity contribution in [3.63, 3.8) is 0 Å². The summed E-state index contributed by atoms with van der Waals surface area (Å²) in [6.07, 6.45) is 5.15. The lowest BCUT2D eigenvalue weighted by molar-refractivity contribution is 0.131. The van der Waals surface area contributed by atoms with E-state index in [0.29, 0.717) is 23.5 Å². The molecule has 26 heavy (non-hydrogen) atoms. The molecule has 1 fully saturated rings. The standard InChI is InChI=1S/C19H31N3O3.HI/c1-6-19(8-7-9-19)13-22-18(20-2)21-12-14-10-16(24-4)17(25-5)11-15(14)23-3;/h10-11H,6-9,12-13H2,1-5H3,(H2,20,21,22);1H. The molecule has 6 nitrogen and oxygen atoms in total. The van der Waals surface area contributed by atoms with Crippen molar-refractivity contribution in [3.05, 3.63) is 17.7 Å². The van der Waals surface area contributed by atoms with Crippen molar-refractivity contribution in [2.24, 2.45) is 10.4 Å². The van der Waals surface area contributed by atoms with Gasteiger partial charge in [-0.2, -0.15) is 0 Å². The van der Waals surface area contributed by atoms with Crippen LogP contribution in [0.4, 0.5) is 0 Å². The van der Waals surface area contributed by atoms with Crippen LogP contribution in [-0.4, -0.2) is 40.9 Å². The zero-order valence-electron chi connectivity index (χ0n) is 16.5. The number of benzene rings is 1. The van der Waals surface area contributed by atoms with Gasteiger partial charge in [0, 0.05) is 31.8 Å². The molecule has 7 heteroatoms. The lowest BCUT2D eigenvalue weighted by atomic mass is 9.67. The van der Waals surface area contributed by atoms with Gasteiger partial charge in [0.1, 0.15) is 5.75 Å². The van der Waals surface area contributed by atoms with Gasteiger partial charge in [-0.05, 0) is 30.7 Å². The summed E-state index contributed by atoms with van der Waals surface area (Å²) in [6.45, 7) is 3.82. The molecular weight excluding hydrogens is 445 g/mol. The molecule has 2 rings (SSSR count). The largest absolute Gasteiger partial charge is 0.496 e. The number of nitrogens with one attached hydrogen (secondary N) is 2. The van der Waals surface area contributed by atoms with Crippen LogP contribution in [0.3, 0.4) is 0 Å². The molecule has 0 radical (unpaired) electrons. The maximum atomic E-state index is 5.48. The van der Waals surface area contributed by atoms with Crippen molar-refractivity contribution < 1.29 is 14.2 Å². The van der Waals surface area contributed by atoms with Gasteiger partial charge in [-0.15, -0.1) is 24.0 Å². The fourth-order valence-corrected chi connectivity index (χ4v) is 3.23.